The van der Waals surface area contributed by atoms with Crippen LogP contribution in [0.5, 0.6) is 0 Å². The molecule has 6 nitrogen and oxygen atoms in total. The van der Waals surface area contributed by atoms with Gasteiger partial charge in [0.15, 0.2) is 5.79 Å². The number of ether oxygens (including phenoxy) is 2. The van der Waals surface area contributed by atoms with Crippen molar-refractivity contribution in [1.29, 1.82) is 0 Å². The Morgan fingerprint density at radius 1 is 1.07 bits per heavy atom. The van der Waals surface area contributed by atoms with E-state index in [9.17, 15) is 9.59 Å². The number of nitrogens with one attached hydrogen (secondary N) is 1. The summed E-state index contributed by atoms with van der Waals surface area (Å²) >= 11 is 0. The van der Waals surface area contributed by atoms with E-state index in [4.69, 9.17) is 9.47 Å². The lowest BCUT2D eigenvalue weighted by atomic mass is 9.87. The summed E-state index contributed by atoms with van der Waals surface area (Å²) in [5, 5.41) is 2.84. The van der Waals surface area contributed by atoms with E-state index in [1.165, 1.54) is 5.56 Å². The van der Waals surface area contributed by atoms with E-state index in [0.717, 1.165) is 0 Å². The Morgan fingerprint density at radius 3 is 2.22 bits per heavy atom. The molecule has 0 aromatic heterocycles. The summed E-state index contributed by atoms with van der Waals surface area (Å²) in [5.74, 6) is -0.552. The molecule has 0 aliphatic carbocycles. The minimum absolute atomic E-state index is 0.0586. The fourth-order valence-corrected chi connectivity index (χ4v) is 3.55. The number of rotatable bonds is 4. The Kier molecular flexibility index (Phi) is 5.86. The standard InChI is InChI=1S/C21H30N2O4/c1-20(2,3)17-6-4-16(5-7-17)19(25)22-11-8-18(24)23-12-9-21(10-13-23)26-14-15-27-21/h4-7H,8-15H2,1-3H3,(H,22,25). The number of benzene rings is 1. The second-order valence-electron chi connectivity index (χ2n) is 8.32. The smallest absolute Gasteiger partial charge is 0.251 e. The largest absolute Gasteiger partial charge is 0.352 e. The highest BCUT2D eigenvalue weighted by atomic mass is 16.7. The number of carbonyl (C=O) groups excluding carboxylic acids is 2. The third-order valence-corrected chi connectivity index (χ3v) is 5.33. The van der Waals surface area contributed by atoms with Crippen LogP contribution in [-0.4, -0.2) is 55.3 Å². The summed E-state index contributed by atoms with van der Waals surface area (Å²) in [6.07, 6.45) is 1.73. The first-order valence-corrected chi connectivity index (χ1v) is 9.74. The molecule has 3 rings (SSSR count). The average Bonchev–Trinajstić information content (AvgIpc) is 3.09. The zero-order valence-corrected chi connectivity index (χ0v) is 16.5. The molecule has 1 aromatic carbocycles. The highest BCUT2D eigenvalue weighted by Crippen LogP contribution is 2.31. The first kappa shape index (κ1) is 19.8. The fourth-order valence-electron chi connectivity index (χ4n) is 3.55. The molecule has 6 heteroatoms. The third-order valence-electron chi connectivity index (χ3n) is 5.33. The van der Waals surface area contributed by atoms with Crippen molar-refractivity contribution in [3.8, 4) is 0 Å². The van der Waals surface area contributed by atoms with Gasteiger partial charge in [-0.05, 0) is 23.1 Å². The number of hydrogen-bond acceptors (Lipinski definition) is 4. The van der Waals surface area contributed by atoms with Gasteiger partial charge in [-0.25, -0.2) is 0 Å². The van der Waals surface area contributed by atoms with Crippen molar-refractivity contribution in [2.75, 3.05) is 32.8 Å². The van der Waals surface area contributed by atoms with Gasteiger partial charge in [-0.3, -0.25) is 9.59 Å². The topological polar surface area (TPSA) is 67.9 Å². The first-order chi connectivity index (χ1) is 12.8. The van der Waals surface area contributed by atoms with E-state index in [1.54, 1.807) is 0 Å². The van der Waals surface area contributed by atoms with Crippen molar-refractivity contribution in [2.45, 2.75) is 51.2 Å². The highest BCUT2D eigenvalue weighted by molar-refractivity contribution is 5.94. The quantitative estimate of drug-likeness (QED) is 0.879. The molecule has 148 valence electrons. The van der Waals surface area contributed by atoms with E-state index in [2.05, 4.69) is 26.1 Å². The molecule has 0 saturated carbocycles. The summed E-state index contributed by atoms with van der Waals surface area (Å²) in [5.41, 5.74) is 1.86. The van der Waals surface area contributed by atoms with Gasteiger partial charge in [-0.15, -0.1) is 0 Å². The van der Waals surface area contributed by atoms with Crippen LogP contribution in [-0.2, 0) is 19.7 Å². The molecule has 0 bridgehead atoms. The van der Waals surface area contributed by atoms with Crippen LogP contribution in [0, 0.1) is 0 Å². The Morgan fingerprint density at radius 2 is 1.67 bits per heavy atom. The molecule has 2 aliphatic rings. The Balaban J connectivity index is 1.41. The zero-order chi connectivity index (χ0) is 19.5. The molecule has 2 aliphatic heterocycles. The maximum absolute atomic E-state index is 12.4. The van der Waals surface area contributed by atoms with Crippen LogP contribution < -0.4 is 5.32 Å². The lowest BCUT2D eigenvalue weighted by Crippen LogP contribution is -2.47. The first-order valence-electron chi connectivity index (χ1n) is 9.74. The van der Waals surface area contributed by atoms with Crippen molar-refractivity contribution >= 4 is 11.8 Å². The van der Waals surface area contributed by atoms with Gasteiger partial charge in [0.05, 0.1) is 13.2 Å². The van der Waals surface area contributed by atoms with E-state index >= 15 is 0 Å². The van der Waals surface area contributed by atoms with Crippen LogP contribution in [0.2, 0.25) is 0 Å². The SMILES string of the molecule is CC(C)(C)c1ccc(C(=O)NCCC(=O)N2CCC3(CC2)OCCO3)cc1. The molecular weight excluding hydrogens is 344 g/mol. The summed E-state index contributed by atoms with van der Waals surface area (Å²) < 4.78 is 11.4. The number of nitrogens with zero attached hydrogens (tertiary/aromatic N) is 1. The lowest BCUT2D eigenvalue weighted by Gasteiger charge is -2.37. The third kappa shape index (κ3) is 4.87. The molecule has 2 saturated heterocycles. The average molecular weight is 374 g/mol. The number of amides is 2. The molecule has 2 amide bonds. The Labute approximate surface area is 161 Å². The van der Waals surface area contributed by atoms with Crippen LogP contribution in [0.3, 0.4) is 0 Å². The molecular formula is C21H30N2O4. The van der Waals surface area contributed by atoms with Gasteiger partial charge < -0.3 is 19.7 Å². The Hall–Kier alpha value is -1.92. The zero-order valence-electron chi connectivity index (χ0n) is 16.5. The summed E-state index contributed by atoms with van der Waals surface area (Å²) in [6, 6.07) is 7.64. The minimum atomic E-state index is -0.468. The second-order valence-corrected chi connectivity index (χ2v) is 8.32. The van der Waals surface area contributed by atoms with Gasteiger partial charge in [-0.2, -0.15) is 0 Å². The maximum atomic E-state index is 12.4. The summed E-state index contributed by atoms with van der Waals surface area (Å²) in [7, 11) is 0. The molecule has 2 heterocycles. The van der Waals surface area contributed by atoms with Crippen LogP contribution in [0.1, 0.15) is 56.0 Å². The van der Waals surface area contributed by atoms with Gasteiger partial charge in [0.25, 0.3) is 5.91 Å². The van der Waals surface area contributed by atoms with Crippen LogP contribution in [0.25, 0.3) is 0 Å². The van der Waals surface area contributed by atoms with E-state index in [-0.39, 0.29) is 17.2 Å². The summed E-state index contributed by atoms with van der Waals surface area (Å²) in [6.45, 7) is 9.31. The predicted octanol–water partition coefficient (Wildman–Crippen LogP) is 2.47. The normalized spacial score (nSPS) is 19.3. The van der Waals surface area contributed by atoms with Crippen molar-refractivity contribution < 1.29 is 19.1 Å². The Bertz CT molecular complexity index is 662. The van der Waals surface area contributed by atoms with Gasteiger partial charge in [0, 0.05) is 44.5 Å². The molecule has 1 N–H and O–H groups in total. The number of likely N-dealkylation sites (tertiary alicyclic amines) is 1. The van der Waals surface area contributed by atoms with Crippen molar-refractivity contribution in [3.05, 3.63) is 35.4 Å². The van der Waals surface area contributed by atoms with Crippen molar-refractivity contribution in [2.24, 2.45) is 0 Å². The number of piperidine rings is 1. The highest BCUT2D eigenvalue weighted by Gasteiger charge is 2.40. The van der Waals surface area contributed by atoms with Gasteiger partial charge in [-0.1, -0.05) is 32.9 Å². The van der Waals surface area contributed by atoms with Crippen LogP contribution in [0.15, 0.2) is 24.3 Å². The van der Waals surface area contributed by atoms with E-state index < -0.39 is 5.79 Å². The number of hydrogen-bond donors (Lipinski definition) is 1. The molecule has 1 aromatic rings. The van der Waals surface area contributed by atoms with Crippen molar-refractivity contribution in [3.63, 3.8) is 0 Å². The molecule has 27 heavy (non-hydrogen) atoms. The van der Waals surface area contributed by atoms with E-state index in [1.807, 2.05) is 29.2 Å². The maximum Gasteiger partial charge on any atom is 0.251 e. The fraction of sp³-hybridized carbons (Fsp3) is 0.619. The molecule has 0 unspecified atom stereocenters. The van der Waals surface area contributed by atoms with Crippen molar-refractivity contribution in [1.82, 2.24) is 10.2 Å². The molecule has 1 spiro atoms. The molecule has 2 fully saturated rings. The summed E-state index contributed by atoms with van der Waals surface area (Å²) in [4.78, 5) is 26.5. The monoisotopic (exact) mass is 374 g/mol. The van der Waals surface area contributed by atoms with Gasteiger partial charge in [0.1, 0.15) is 0 Å². The lowest BCUT2D eigenvalue weighted by molar-refractivity contribution is -0.187. The van der Waals surface area contributed by atoms with Gasteiger partial charge >= 0.3 is 0 Å². The van der Waals surface area contributed by atoms with Gasteiger partial charge in [0.2, 0.25) is 5.91 Å². The molecule has 0 radical (unpaired) electrons. The minimum Gasteiger partial charge on any atom is -0.352 e. The second kappa shape index (κ2) is 7.98. The molecule has 0 atom stereocenters. The van der Waals surface area contributed by atoms with Crippen LogP contribution in [0.4, 0.5) is 0 Å². The van der Waals surface area contributed by atoms with E-state index in [0.29, 0.717) is 57.7 Å². The number of carbonyl (C=O) groups is 2. The van der Waals surface area contributed by atoms with Crippen LogP contribution >= 0.6 is 0 Å². The predicted molar refractivity (Wildman–Crippen MR) is 103 cm³/mol.